The van der Waals surface area contributed by atoms with Gasteiger partial charge in [-0.05, 0) is 39.2 Å². The van der Waals surface area contributed by atoms with E-state index >= 15 is 0 Å². The van der Waals surface area contributed by atoms with Crippen molar-refractivity contribution in [2.24, 2.45) is 7.05 Å². The first-order chi connectivity index (χ1) is 10.1. The van der Waals surface area contributed by atoms with Gasteiger partial charge in [0.1, 0.15) is 5.69 Å². The van der Waals surface area contributed by atoms with Gasteiger partial charge in [-0.3, -0.25) is 10.1 Å². The summed E-state index contributed by atoms with van der Waals surface area (Å²) < 4.78 is 1.62. The summed E-state index contributed by atoms with van der Waals surface area (Å²) in [6.45, 7) is 2.00. The SMILES string of the molecule is CCCc1nn(C)c(NC2CCC(NC)CC2)c1[N+](=O)[O-]. The fourth-order valence-corrected chi connectivity index (χ4v) is 3.05. The molecule has 0 aliphatic heterocycles. The first-order valence-electron chi connectivity index (χ1n) is 7.70. The van der Waals surface area contributed by atoms with Crippen LogP contribution in [0.3, 0.4) is 0 Å². The third-order valence-electron chi connectivity index (χ3n) is 4.24. The molecule has 0 spiro atoms. The number of aryl methyl sites for hydroxylation is 2. The van der Waals surface area contributed by atoms with Crippen LogP contribution in [0.2, 0.25) is 0 Å². The zero-order chi connectivity index (χ0) is 15.4. The second-order valence-corrected chi connectivity index (χ2v) is 5.76. The highest BCUT2D eigenvalue weighted by Gasteiger charge is 2.29. The maximum absolute atomic E-state index is 11.4. The minimum atomic E-state index is -0.306. The predicted octanol–water partition coefficient (Wildman–Crippen LogP) is 2.22. The lowest BCUT2D eigenvalue weighted by Gasteiger charge is -2.29. The second kappa shape index (κ2) is 6.89. The van der Waals surface area contributed by atoms with Gasteiger partial charge in [-0.15, -0.1) is 0 Å². The first kappa shape index (κ1) is 15.8. The van der Waals surface area contributed by atoms with Crippen molar-refractivity contribution in [3.63, 3.8) is 0 Å². The van der Waals surface area contributed by atoms with Crippen LogP contribution in [0.15, 0.2) is 0 Å². The molecule has 1 aliphatic rings. The summed E-state index contributed by atoms with van der Waals surface area (Å²) in [5.74, 6) is 0.552. The zero-order valence-corrected chi connectivity index (χ0v) is 13.1. The fourth-order valence-electron chi connectivity index (χ4n) is 3.05. The Hall–Kier alpha value is -1.63. The topological polar surface area (TPSA) is 85.0 Å². The van der Waals surface area contributed by atoms with Crippen LogP contribution in [0.1, 0.15) is 44.7 Å². The molecule has 1 heterocycles. The molecule has 7 heteroatoms. The Morgan fingerprint density at radius 2 is 1.95 bits per heavy atom. The lowest BCUT2D eigenvalue weighted by Crippen LogP contribution is -2.35. The highest BCUT2D eigenvalue weighted by Crippen LogP contribution is 2.31. The number of nitrogens with zero attached hydrogens (tertiary/aromatic N) is 3. The average molecular weight is 295 g/mol. The Balaban J connectivity index is 2.14. The van der Waals surface area contributed by atoms with E-state index in [9.17, 15) is 10.1 Å². The third kappa shape index (κ3) is 3.53. The molecular weight excluding hydrogens is 270 g/mol. The molecule has 1 saturated carbocycles. The monoisotopic (exact) mass is 295 g/mol. The van der Waals surface area contributed by atoms with Crippen LogP contribution in [-0.4, -0.2) is 33.8 Å². The minimum absolute atomic E-state index is 0.148. The number of anilines is 1. The molecule has 1 aromatic rings. The lowest BCUT2D eigenvalue weighted by molar-refractivity contribution is -0.384. The Kier molecular flexibility index (Phi) is 5.17. The summed E-state index contributed by atoms with van der Waals surface area (Å²) in [7, 11) is 3.76. The largest absolute Gasteiger partial charge is 0.362 e. The molecule has 2 rings (SSSR count). The summed E-state index contributed by atoms with van der Waals surface area (Å²) in [6, 6.07) is 0.860. The van der Waals surface area contributed by atoms with Gasteiger partial charge >= 0.3 is 5.69 Å². The quantitative estimate of drug-likeness (QED) is 0.621. The van der Waals surface area contributed by atoms with Crippen molar-refractivity contribution in [2.75, 3.05) is 12.4 Å². The number of nitro groups is 1. The van der Waals surface area contributed by atoms with Crippen molar-refractivity contribution in [3.05, 3.63) is 15.8 Å². The molecule has 0 radical (unpaired) electrons. The predicted molar refractivity (Wildman–Crippen MR) is 82.6 cm³/mol. The van der Waals surface area contributed by atoms with E-state index in [4.69, 9.17) is 0 Å². The van der Waals surface area contributed by atoms with Crippen LogP contribution in [-0.2, 0) is 13.5 Å². The van der Waals surface area contributed by atoms with E-state index in [1.165, 1.54) is 0 Å². The van der Waals surface area contributed by atoms with Gasteiger partial charge in [-0.25, -0.2) is 4.68 Å². The zero-order valence-electron chi connectivity index (χ0n) is 13.1. The van der Waals surface area contributed by atoms with Crippen LogP contribution in [0, 0.1) is 10.1 Å². The van der Waals surface area contributed by atoms with Crippen molar-refractivity contribution in [3.8, 4) is 0 Å². The Bertz CT molecular complexity index is 492. The Morgan fingerprint density at radius 3 is 2.48 bits per heavy atom. The third-order valence-corrected chi connectivity index (χ3v) is 4.24. The maximum atomic E-state index is 11.4. The lowest BCUT2D eigenvalue weighted by atomic mass is 9.91. The number of rotatable bonds is 6. The maximum Gasteiger partial charge on any atom is 0.333 e. The fraction of sp³-hybridized carbons (Fsp3) is 0.786. The van der Waals surface area contributed by atoms with E-state index in [1.807, 2.05) is 14.0 Å². The number of hydrogen-bond donors (Lipinski definition) is 2. The number of nitrogens with one attached hydrogen (secondary N) is 2. The second-order valence-electron chi connectivity index (χ2n) is 5.76. The van der Waals surface area contributed by atoms with Crippen LogP contribution in [0.4, 0.5) is 11.5 Å². The summed E-state index contributed by atoms with van der Waals surface area (Å²) in [5, 5.41) is 22.3. The molecule has 1 fully saturated rings. The molecule has 0 bridgehead atoms. The van der Waals surface area contributed by atoms with E-state index in [1.54, 1.807) is 11.7 Å². The summed E-state index contributed by atoms with van der Waals surface area (Å²) in [6.07, 6.45) is 5.74. The number of aromatic nitrogens is 2. The van der Waals surface area contributed by atoms with Crippen LogP contribution < -0.4 is 10.6 Å². The molecule has 0 amide bonds. The molecule has 7 nitrogen and oxygen atoms in total. The molecule has 0 atom stereocenters. The van der Waals surface area contributed by atoms with Gasteiger partial charge < -0.3 is 10.6 Å². The number of hydrogen-bond acceptors (Lipinski definition) is 5. The summed E-state index contributed by atoms with van der Waals surface area (Å²) in [5.41, 5.74) is 0.728. The average Bonchev–Trinajstić information content (AvgIpc) is 2.76. The van der Waals surface area contributed by atoms with Crippen LogP contribution >= 0.6 is 0 Å². The van der Waals surface area contributed by atoms with E-state index in [0.29, 0.717) is 24.0 Å². The molecule has 21 heavy (non-hydrogen) atoms. The van der Waals surface area contributed by atoms with E-state index in [2.05, 4.69) is 15.7 Å². The molecule has 1 aliphatic carbocycles. The van der Waals surface area contributed by atoms with E-state index in [0.717, 1.165) is 32.1 Å². The molecule has 0 aromatic carbocycles. The normalized spacial score (nSPS) is 22.2. The first-order valence-corrected chi connectivity index (χ1v) is 7.70. The van der Waals surface area contributed by atoms with Gasteiger partial charge in [0.25, 0.3) is 0 Å². The van der Waals surface area contributed by atoms with E-state index in [-0.39, 0.29) is 16.7 Å². The van der Waals surface area contributed by atoms with Crippen molar-refractivity contribution >= 4 is 11.5 Å². The van der Waals surface area contributed by atoms with Gasteiger partial charge in [0, 0.05) is 19.1 Å². The highest BCUT2D eigenvalue weighted by molar-refractivity contribution is 5.60. The van der Waals surface area contributed by atoms with Gasteiger partial charge in [0.05, 0.1) is 4.92 Å². The van der Waals surface area contributed by atoms with Gasteiger partial charge in [-0.1, -0.05) is 13.3 Å². The minimum Gasteiger partial charge on any atom is -0.362 e. The summed E-state index contributed by atoms with van der Waals surface area (Å²) in [4.78, 5) is 11.1. The van der Waals surface area contributed by atoms with E-state index < -0.39 is 0 Å². The molecule has 1 aromatic heterocycles. The summed E-state index contributed by atoms with van der Waals surface area (Å²) >= 11 is 0. The highest BCUT2D eigenvalue weighted by atomic mass is 16.6. The van der Waals surface area contributed by atoms with Crippen molar-refractivity contribution in [1.29, 1.82) is 0 Å². The molecular formula is C14H25N5O2. The van der Waals surface area contributed by atoms with Crippen LogP contribution in [0.5, 0.6) is 0 Å². The molecule has 0 unspecified atom stereocenters. The van der Waals surface area contributed by atoms with Gasteiger partial charge in [0.15, 0.2) is 0 Å². The van der Waals surface area contributed by atoms with Crippen molar-refractivity contribution in [1.82, 2.24) is 15.1 Å². The van der Waals surface area contributed by atoms with Crippen molar-refractivity contribution < 1.29 is 4.92 Å². The molecule has 2 N–H and O–H groups in total. The molecule has 118 valence electrons. The van der Waals surface area contributed by atoms with Crippen LogP contribution in [0.25, 0.3) is 0 Å². The Labute approximate surface area is 125 Å². The standard InChI is InChI=1S/C14H25N5O2/c1-4-5-12-13(19(20)21)14(18(3)17-12)16-11-8-6-10(15-2)7-9-11/h10-11,15-16H,4-9H2,1-3H3. The Morgan fingerprint density at radius 1 is 1.33 bits per heavy atom. The van der Waals surface area contributed by atoms with Crippen molar-refractivity contribution in [2.45, 2.75) is 57.5 Å². The molecule has 0 saturated heterocycles. The van der Waals surface area contributed by atoms with Gasteiger partial charge in [0.2, 0.25) is 5.82 Å². The van der Waals surface area contributed by atoms with Gasteiger partial charge in [-0.2, -0.15) is 5.10 Å². The smallest absolute Gasteiger partial charge is 0.333 e.